The molecule has 0 spiro atoms. The number of carbonyl (C=O) groups excluding carboxylic acids is 2. The number of methoxy groups -OCH3 is 2. The first-order valence-corrected chi connectivity index (χ1v) is 7.58. The van der Waals surface area contributed by atoms with E-state index in [1.165, 1.54) is 19.3 Å². The van der Waals surface area contributed by atoms with Crippen LogP contribution in [0.5, 0.6) is 11.5 Å². The summed E-state index contributed by atoms with van der Waals surface area (Å²) in [5.74, 6) is 0.495. The van der Waals surface area contributed by atoms with E-state index in [2.05, 4.69) is 15.4 Å². The minimum atomic E-state index is -0.926. The fraction of sp³-hybridized carbons (Fsp3) is 0.235. The number of hydrogen-bond donors (Lipinski definition) is 0. The number of carbonyl (C=O) groups is 2. The third-order valence-corrected chi connectivity index (χ3v) is 3.53. The van der Waals surface area contributed by atoms with Gasteiger partial charge in [-0.1, -0.05) is 5.16 Å². The summed E-state index contributed by atoms with van der Waals surface area (Å²) in [5, 5.41) is 10.7. The Morgan fingerprint density at radius 3 is 2.69 bits per heavy atom. The van der Waals surface area contributed by atoms with Crippen LogP contribution in [-0.2, 0) is 20.9 Å². The van der Waals surface area contributed by atoms with Gasteiger partial charge in [-0.25, -0.2) is 4.79 Å². The molecule has 0 saturated carbocycles. The summed E-state index contributed by atoms with van der Waals surface area (Å²) in [6.45, 7) is -0.0938. The summed E-state index contributed by atoms with van der Waals surface area (Å²) >= 11 is 0. The molecule has 0 radical (unpaired) electrons. The summed E-state index contributed by atoms with van der Waals surface area (Å²) in [6, 6.07) is 6.01. The zero-order valence-electron chi connectivity index (χ0n) is 14.0. The largest absolute Gasteiger partial charge is 0.493 e. The maximum atomic E-state index is 11.9. The lowest BCUT2D eigenvalue weighted by Crippen LogP contribution is -2.21. The predicted molar refractivity (Wildman–Crippen MR) is 87.6 cm³/mol. The monoisotopic (exact) mass is 357 g/mol. The van der Waals surface area contributed by atoms with Crippen LogP contribution in [0.4, 0.5) is 0 Å². The third kappa shape index (κ3) is 3.77. The first kappa shape index (κ1) is 17.3. The van der Waals surface area contributed by atoms with Crippen molar-refractivity contribution in [1.82, 2.24) is 5.16 Å². The molecule has 9 heteroatoms. The van der Waals surface area contributed by atoms with Crippen LogP contribution in [0.15, 0.2) is 51.2 Å². The van der Waals surface area contributed by atoms with Crippen molar-refractivity contribution in [2.45, 2.75) is 12.6 Å². The topological polar surface area (TPSA) is 113 Å². The van der Waals surface area contributed by atoms with Gasteiger partial charge in [-0.3, -0.25) is 4.79 Å². The molecule has 1 unspecified atom stereocenters. The van der Waals surface area contributed by atoms with Gasteiger partial charge in [0.25, 0.3) is 5.91 Å². The Hall–Kier alpha value is -3.49. The van der Waals surface area contributed by atoms with E-state index < -0.39 is 17.9 Å². The first-order chi connectivity index (χ1) is 12.6. The van der Waals surface area contributed by atoms with Gasteiger partial charge in [0, 0.05) is 17.7 Å². The molecule has 0 N–H and O–H groups in total. The third-order valence-electron chi connectivity index (χ3n) is 3.53. The van der Waals surface area contributed by atoms with Gasteiger partial charge in [0.2, 0.25) is 0 Å². The number of aromatic nitrogens is 1. The van der Waals surface area contributed by atoms with Crippen molar-refractivity contribution in [1.29, 1.82) is 0 Å². The molecule has 2 aromatic rings. The number of amides is 1. The molecule has 134 valence electrons. The van der Waals surface area contributed by atoms with Gasteiger partial charge in [-0.2, -0.15) is 5.11 Å². The lowest BCUT2D eigenvalue weighted by atomic mass is 10.1. The van der Waals surface area contributed by atoms with Gasteiger partial charge < -0.3 is 18.7 Å². The molecule has 1 aromatic carbocycles. The van der Waals surface area contributed by atoms with Crippen molar-refractivity contribution in [3.63, 3.8) is 0 Å². The van der Waals surface area contributed by atoms with Gasteiger partial charge >= 0.3 is 5.97 Å². The van der Waals surface area contributed by atoms with Crippen LogP contribution >= 0.6 is 0 Å². The Bertz CT molecular complexity index is 870. The molecule has 0 fully saturated rings. The van der Waals surface area contributed by atoms with E-state index in [0.29, 0.717) is 23.0 Å². The number of hydrogen-bond acceptors (Lipinski definition) is 8. The van der Waals surface area contributed by atoms with Crippen LogP contribution in [0.3, 0.4) is 0 Å². The maximum Gasteiger partial charge on any atom is 0.337 e. The quantitative estimate of drug-likeness (QED) is 0.729. The molecule has 0 saturated heterocycles. The maximum absolute atomic E-state index is 11.9. The second-order valence-electron chi connectivity index (χ2n) is 5.22. The van der Waals surface area contributed by atoms with Crippen LogP contribution in [0.1, 0.15) is 5.69 Å². The van der Waals surface area contributed by atoms with E-state index in [0.717, 1.165) is 5.56 Å². The molecule has 0 bridgehead atoms. The first-order valence-electron chi connectivity index (χ1n) is 7.58. The van der Waals surface area contributed by atoms with Crippen LogP contribution < -0.4 is 9.47 Å². The molecule has 0 aliphatic carbocycles. The summed E-state index contributed by atoms with van der Waals surface area (Å²) in [5.41, 5.74) is 1.16. The standard InChI is InChI=1S/C17H15N3O6/c1-23-13-5-3-10(7-15(13)24-2)14-8-11(20-26-14)9-25-17(22)12-4-6-16(21)19-18-12/h3-8,12H,9H2,1-2H3. The lowest BCUT2D eigenvalue weighted by Gasteiger charge is -2.08. The van der Waals surface area contributed by atoms with E-state index in [9.17, 15) is 9.59 Å². The van der Waals surface area contributed by atoms with Gasteiger partial charge in [-0.15, -0.1) is 5.11 Å². The Labute approximate surface area is 148 Å². The van der Waals surface area contributed by atoms with Crippen molar-refractivity contribution in [3.8, 4) is 22.8 Å². The van der Waals surface area contributed by atoms with E-state index in [-0.39, 0.29) is 6.61 Å². The Balaban J connectivity index is 1.65. The lowest BCUT2D eigenvalue weighted by molar-refractivity contribution is -0.145. The van der Waals surface area contributed by atoms with Crippen molar-refractivity contribution in [2.75, 3.05) is 14.2 Å². The molecule has 1 amide bonds. The second-order valence-corrected chi connectivity index (χ2v) is 5.22. The van der Waals surface area contributed by atoms with Crippen molar-refractivity contribution >= 4 is 11.9 Å². The minimum Gasteiger partial charge on any atom is -0.493 e. The highest BCUT2D eigenvalue weighted by atomic mass is 16.5. The van der Waals surface area contributed by atoms with E-state index in [1.54, 1.807) is 31.4 Å². The van der Waals surface area contributed by atoms with Gasteiger partial charge in [-0.05, 0) is 24.3 Å². The molecule has 1 aliphatic heterocycles. The Morgan fingerprint density at radius 1 is 1.19 bits per heavy atom. The minimum absolute atomic E-state index is 0.0938. The number of rotatable bonds is 6. The SMILES string of the molecule is COc1ccc(-c2cc(COC(=O)C3C=CC(=O)N=N3)no2)cc1OC. The molecule has 26 heavy (non-hydrogen) atoms. The fourth-order valence-corrected chi connectivity index (χ4v) is 2.23. The summed E-state index contributed by atoms with van der Waals surface area (Å²) in [4.78, 5) is 22.8. The Morgan fingerprint density at radius 2 is 2.00 bits per heavy atom. The smallest absolute Gasteiger partial charge is 0.337 e. The average Bonchev–Trinajstić information content (AvgIpc) is 3.15. The van der Waals surface area contributed by atoms with Crippen molar-refractivity contribution < 1.29 is 28.3 Å². The summed E-state index contributed by atoms with van der Waals surface area (Å²) < 4.78 is 20.8. The van der Waals surface area contributed by atoms with E-state index in [1.807, 2.05) is 0 Å². The van der Waals surface area contributed by atoms with Crippen molar-refractivity contribution in [3.05, 3.63) is 42.1 Å². The van der Waals surface area contributed by atoms with Crippen LogP contribution in [0, 0.1) is 0 Å². The predicted octanol–water partition coefficient (Wildman–Crippen LogP) is 2.32. The number of benzene rings is 1. The van der Waals surface area contributed by atoms with Gasteiger partial charge in [0.1, 0.15) is 12.3 Å². The van der Waals surface area contributed by atoms with Gasteiger partial charge in [0.05, 0.1) is 14.2 Å². The highest BCUT2D eigenvalue weighted by molar-refractivity contribution is 5.91. The normalized spacial score (nSPS) is 15.8. The fourth-order valence-electron chi connectivity index (χ4n) is 2.23. The number of azo groups is 1. The average molecular weight is 357 g/mol. The zero-order chi connectivity index (χ0) is 18.5. The molecule has 9 nitrogen and oxygen atoms in total. The molecular weight excluding hydrogens is 342 g/mol. The molecule has 1 atom stereocenters. The summed E-state index contributed by atoms with van der Waals surface area (Å²) in [7, 11) is 3.09. The molecule has 1 aromatic heterocycles. The molecular formula is C17H15N3O6. The van der Waals surface area contributed by atoms with Crippen LogP contribution in [0.2, 0.25) is 0 Å². The Kier molecular flexibility index (Phi) is 5.07. The number of esters is 1. The van der Waals surface area contributed by atoms with Gasteiger partial charge in [0.15, 0.2) is 23.3 Å². The van der Waals surface area contributed by atoms with Crippen LogP contribution in [0.25, 0.3) is 11.3 Å². The van der Waals surface area contributed by atoms with E-state index >= 15 is 0 Å². The molecule has 2 heterocycles. The van der Waals surface area contributed by atoms with Crippen LogP contribution in [-0.4, -0.2) is 37.3 Å². The van der Waals surface area contributed by atoms with Crippen molar-refractivity contribution in [2.24, 2.45) is 10.2 Å². The second kappa shape index (κ2) is 7.60. The zero-order valence-corrected chi connectivity index (χ0v) is 14.0. The number of nitrogens with zero attached hydrogens (tertiary/aromatic N) is 3. The molecule has 1 aliphatic rings. The van der Waals surface area contributed by atoms with E-state index in [4.69, 9.17) is 18.7 Å². The highest BCUT2D eigenvalue weighted by Gasteiger charge is 2.20. The highest BCUT2D eigenvalue weighted by Crippen LogP contribution is 2.32. The molecule has 3 rings (SSSR count). The number of ether oxygens (including phenoxy) is 3. The summed E-state index contributed by atoms with van der Waals surface area (Å²) in [6.07, 6.45) is 2.50.